The fourth-order valence-electron chi connectivity index (χ4n) is 8.77. The van der Waals surface area contributed by atoms with E-state index in [1.165, 1.54) is 44.9 Å². The molecule has 2 saturated heterocycles. The van der Waals surface area contributed by atoms with Crippen LogP contribution in [0.2, 0.25) is 0 Å². The molecule has 2 aliphatic heterocycles. The third-order valence-electron chi connectivity index (χ3n) is 9.45. The largest absolute Gasteiger partial charge is 0.340 e. The van der Waals surface area contributed by atoms with Crippen LogP contribution < -0.4 is 0 Å². The Bertz CT molecular complexity index is 626. The number of carbonyl (C=O) groups is 2. The molecule has 5 saturated carbocycles. The number of carbonyl (C=O) groups excluding carboxylic acids is 2. The number of likely N-dealkylation sites (tertiary alicyclic amines) is 2. The summed E-state index contributed by atoms with van der Waals surface area (Å²) in [5, 5.41) is 0. The second kappa shape index (κ2) is 6.47. The van der Waals surface area contributed by atoms with Crippen LogP contribution in [0.1, 0.15) is 77.0 Å². The summed E-state index contributed by atoms with van der Waals surface area (Å²) in [5.74, 6) is 4.44. The average molecular weight is 385 g/mol. The smallest absolute Gasteiger partial charge is 0.245 e. The van der Waals surface area contributed by atoms with Gasteiger partial charge in [0.15, 0.2) is 0 Å². The van der Waals surface area contributed by atoms with Gasteiger partial charge in [-0.05, 0) is 100 Å². The van der Waals surface area contributed by atoms with Crippen LogP contribution >= 0.6 is 0 Å². The molecular formula is C24H36N2O2. The monoisotopic (exact) mass is 384 g/mol. The van der Waals surface area contributed by atoms with E-state index >= 15 is 0 Å². The Hall–Kier alpha value is -1.06. The van der Waals surface area contributed by atoms with Gasteiger partial charge in [0, 0.05) is 19.6 Å². The zero-order valence-electron chi connectivity index (χ0n) is 17.3. The van der Waals surface area contributed by atoms with E-state index in [9.17, 15) is 9.59 Å². The zero-order chi connectivity index (χ0) is 18.9. The van der Waals surface area contributed by atoms with Crippen molar-refractivity contribution in [1.82, 2.24) is 9.80 Å². The maximum atomic E-state index is 13.8. The topological polar surface area (TPSA) is 40.6 Å². The Kier molecular flexibility index (Phi) is 4.11. The highest BCUT2D eigenvalue weighted by atomic mass is 16.2. The first-order valence-electron chi connectivity index (χ1n) is 12.2. The first-order chi connectivity index (χ1) is 13.6. The van der Waals surface area contributed by atoms with Gasteiger partial charge in [0.05, 0.1) is 5.41 Å². The molecular weight excluding hydrogens is 348 g/mol. The third-order valence-corrected chi connectivity index (χ3v) is 9.45. The lowest BCUT2D eigenvalue weighted by Gasteiger charge is -2.56. The van der Waals surface area contributed by atoms with Gasteiger partial charge in [0.1, 0.15) is 6.04 Å². The number of nitrogens with zero attached hydrogens (tertiary/aromatic N) is 2. The highest BCUT2D eigenvalue weighted by molar-refractivity contribution is 5.91. The number of hydrogen-bond acceptors (Lipinski definition) is 2. The minimum Gasteiger partial charge on any atom is -0.340 e. The molecule has 0 aromatic carbocycles. The van der Waals surface area contributed by atoms with E-state index in [0.717, 1.165) is 69.5 Å². The second-order valence-corrected chi connectivity index (χ2v) is 11.5. The van der Waals surface area contributed by atoms with Gasteiger partial charge < -0.3 is 9.80 Å². The quantitative estimate of drug-likeness (QED) is 0.726. The molecule has 2 heterocycles. The molecule has 0 radical (unpaired) electrons. The highest BCUT2D eigenvalue weighted by Crippen LogP contribution is 2.60. The van der Waals surface area contributed by atoms with Crippen LogP contribution in [-0.4, -0.2) is 47.3 Å². The molecule has 0 unspecified atom stereocenters. The molecule has 4 nitrogen and oxygen atoms in total. The molecule has 0 N–H and O–H groups in total. The summed E-state index contributed by atoms with van der Waals surface area (Å²) in [6.07, 6.45) is 14.6. The van der Waals surface area contributed by atoms with E-state index in [1.54, 1.807) is 0 Å². The maximum Gasteiger partial charge on any atom is 0.245 e. The van der Waals surface area contributed by atoms with Gasteiger partial charge in [-0.1, -0.05) is 6.42 Å². The Morgan fingerprint density at radius 3 is 1.89 bits per heavy atom. The van der Waals surface area contributed by atoms with Crippen LogP contribution in [0, 0.1) is 35.0 Å². The van der Waals surface area contributed by atoms with E-state index < -0.39 is 0 Å². The Labute approximate surface area is 169 Å². The molecule has 0 spiro atoms. The van der Waals surface area contributed by atoms with E-state index in [4.69, 9.17) is 0 Å². The summed E-state index contributed by atoms with van der Waals surface area (Å²) in [7, 11) is 0. The number of piperidine rings is 1. The van der Waals surface area contributed by atoms with E-state index in [0.29, 0.717) is 17.7 Å². The molecule has 6 bridgehead atoms. The normalized spacial score (nSPS) is 46.9. The van der Waals surface area contributed by atoms with Crippen LogP contribution in [0.4, 0.5) is 0 Å². The minimum atomic E-state index is -0.153. The fourth-order valence-corrected chi connectivity index (χ4v) is 8.77. The van der Waals surface area contributed by atoms with Crippen molar-refractivity contribution in [3.8, 4) is 0 Å². The van der Waals surface area contributed by atoms with Crippen molar-refractivity contribution in [2.75, 3.05) is 19.6 Å². The SMILES string of the molecule is O=C([C@@H]1CCCN1C(=O)C12CC3CC(CC(C3)C1)C2)N1C[C@H]2CCC[C@@H](C2)C1. The van der Waals surface area contributed by atoms with Gasteiger partial charge in [-0.2, -0.15) is 0 Å². The lowest BCUT2D eigenvalue weighted by Crippen LogP contribution is -2.58. The summed E-state index contributed by atoms with van der Waals surface area (Å²) in [4.78, 5) is 31.6. The van der Waals surface area contributed by atoms with Gasteiger partial charge in [0.25, 0.3) is 0 Å². The van der Waals surface area contributed by atoms with Crippen molar-refractivity contribution in [3.63, 3.8) is 0 Å². The van der Waals surface area contributed by atoms with Gasteiger partial charge in [-0.15, -0.1) is 0 Å². The number of amides is 2. The van der Waals surface area contributed by atoms with Crippen LogP contribution in [0.15, 0.2) is 0 Å². The van der Waals surface area contributed by atoms with Crippen LogP contribution in [0.5, 0.6) is 0 Å². The summed E-state index contributed by atoms with van der Waals surface area (Å²) < 4.78 is 0. The third kappa shape index (κ3) is 2.76. The molecule has 0 aromatic rings. The summed E-state index contributed by atoms with van der Waals surface area (Å²) in [6, 6.07) is -0.153. The van der Waals surface area contributed by atoms with E-state index in [2.05, 4.69) is 9.80 Å². The van der Waals surface area contributed by atoms with Crippen LogP contribution in [0.25, 0.3) is 0 Å². The molecule has 0 aromatic heterocycles. The van der Waals surface area contributed by atoms with Crippen molar-refractivity contribution < 1.29 is 9.59 Å². The van der Waals surface area contributed by atoms with Crippen molar-refractivity contribution in [1.29, 1.82) is 0 Å². The fraction of sp³-hybridized carbons (Fsp3) is 0.917. The standard InChI is InChI=1S/C24H36N2O2/c27-22(25-14-16-3-1-4-17(7-16)15-25)21-5-2-6-26(21)23(28)24-11-18-8-19(12-24)10-20(9-18)13-24/h16-21H,1-15H2/t16-,17-,18?,19?,20?,21-,24?/m0/s1. The Morgan fingerprint density at radius 1 is 0.714 bits per heavy atom. The molecule has 3 atom stereocenters. The summed E-state index contributed by atoms with van der Waals surface area (Å²) in [6.45, 7) is 2.72. The Morgan fingerprint density at radius 2 is 1.29 bits per heavy atom. The van der Waals surface area contributed by atoms with E-state index in [1.807, 2.05) is 0 Å². The molecule has 5 aliphatic carbocycles. The molecule has 28 heavy (non-hydrogen) atoms. The van der Waals surface area contributed by atoms with Gasteiger partial charge >= 0.3 is 0 Å². The Balaban J connectivity index is 1.20. The molecule has 7 rings (SSSR count). The predicted molar refractivity (Wildman–Crippen MR) is 107 cm³/mol. The number of hydrogen-bond donors (Lipinski definition) is 0. The second-order valence-electron chi connectivity index (χ2n) is 11.5. The average Bonchev–Trinajstić information content (AvgIpc) is 3.15. The van der Waals surface area contributed by atoms with Crippen molar-refractivity contribution in [2.24, 2.45) is 35.0 Å². The van der Waals surface area contributed by atoms with E-state index in [-0.39, 0.29) is 17.4 Å². The number of fused-ring (bicyclic) bond motifs is 2. The molecule has 154 valence electrons. The lowest BCUT2D eigenvalue weighted by atomic mass is 9.49. The lowest BCUT2D eigenvalue weighted by molar-refractivity contribution is -0.162. The number of rotatable bonds is 2. The predicted octanol–water partition coefficient (Wildman–Crippen LogP) is 3.84. The first-order valence-corrected chi connectivity index (χ1v) is 12.2. The van der Waals surface area contributed by atoms with Crippen molar-refractivity contribution in [3.05, 3.63) is 0 Å². The summed E-state index contributed by atoms with van der Waals surface area (Å²) in [5.41, 5.74) is -0.101. The molecule has 7 fully saturated rings. The van der Waals surface area contributed by atoms with Gasteiger partial charge in [-0.3, -0.25) is 9.59 Å². The zero-order valence-corrected chi connectivity index (χ0v) is 17.3. The highest BCUT2D eigenvalue weighted by Gasteiger charge is 2.57. The van der Waals surface area contributed by atoms with Crippen molar-refractivity contribution >= 4 is 11.8 Å². The molecule has 4 heteroatoms. The van der Waals surface area contributed by atoms with Crippen LogP contribution in [0.3, 0.4) is 0 Å². The van der Waals surface area contributed by atoms with Gasteiger partial charge in [-0.25, -0.2) is 0 Å². The molecule has 7 aliphatic rings. The summed E-state index contributed by atoms with van der Waals surface area (Å²) >= 11 is 0. The first kappa shape index (κ1) is 17.8. The maximum absolute atomic E-state index is 13.8. The minimum absolute atomic E-state index is 0.101. The van der Waals surface area contributed by atoms with Crippen molar-refractivity contribution in [2.45, 2.75) is 83.1 Å². The molecule has 2 amide bonds. The van der Waals surface area contributed by atoms with Gasteiger partial charge in [0.2, 0.25) is 11.8 Å². The van der Waals surface area contributed by atoms with Crippen LogP contribution in [-0.2, 0) is 9.59 Å².